The summed E-state index contributed by atoms with van der Waals surface area (Å²) in [4.78, 5) is 26.2. The molecule has 4 aromatic rings. The fourth-order valence-electron chi connectivity index (χ4n) is 3.03. The molecule has 7 nitrogen and oxygen atoms in total. The molecule has 4 rings (SSSR count). The molecular formula is C19H13ClN4O3. The van der Waals surface area contributed by atoms with Crippen LogP contribution in [-0.4, -0.2) is 19.5 Å². The number of nitrogens with one attached hydrogen (secondary N) is 1. The van der Waals surface area contributed by atoms with E-state index in [2.05, 4.69) is 10.1 Å². The van der Waals surface area contributed by atoms with E-state index >= 15 is 0 Å². The van der Waals surface area contributed by atoms with Crippen LogP contribution in [0.15, 0.2) is 59.4 Å². The van der Waals surface area contributed by atoms with Gasteiger partial charge in [0.1, 0.15) is 5.65 Å². The molecule has 2 aromatic heterocycles. The van der Waals surface area contributed by atoms with Gasteiger partial charge in [-0.05, 0) is 42.3 Å². The van der Waals surface area contributed by atoms with Crippen LogP contribution in [0.25, 0.3) is 28.0 Å². The minimum Gasteiger partial charge on any atom is -0.339 e. The number of hydrogen-bond acceptors (Lipinski definition) is 4. The van der Waals surface area contributed by atoms with Crippen molar-refractivity contribution in [3.63, 3.8) is 0 Å². The topological polar surface area (TPSA) is 93.3 Å². The van der Waals surface area contributed by atoms with Crippen molar-refractivity contribution in [1.82, 2.24) is 14.6 Å². The molecule has 2 aromatic carbocycles. The van der Waals surface area contributed by atoms with Gasteiger partial charge in [-0.3, -0.25) is 14.9 Å². The van der Waals surface area contributed by atoms with Crippen molar-refractivity contribution in [3.8, 4) is 22.4 Å². The van der Waals surface area contributed by atoms with E-state index in [0.29, 0.717) is 27.6 Å². The van der Waals surface area contributed by atoms with Crippen molar-refractivity contribution in [2.75, 3.05) is 0 Å². The van der Waals surface area contributed by atoms with Crippen molar-refractivity contribution in [3.05, 3.63) is 85.8 Å². The van der Waals surface area contributed by atoms with Gasteiger partial charge in [0.15, 0.2) is 0 Å². The Morgan fingerprint density at radius 3 is 2.33 bits per heavy atom. The lowest BCUT2D eigenvalue weighted by Gasteiger charge is -2.05. The minimum atomic E-state index is -0.464. The third kappa shape index (κ3) is 2.98. The van der Waals surface area contributed by atoms with Gasteiger partial charge in [0.25, 0.3) is 11.2 Å². The predicted molar refractivity (Wildman–Crippen MR) is 103 cm³/mol. The van der Waals surface area contributed by atoms with Gasteiger partial charge < -0.3 is 4.98 Å². The molecule has 27 heavy (non-hydrogen) atoms. The number of aryl methyl sites for hydroxylation is 1. The molecule has 0 aliphatic rings. The fraction of sp³-hybridized carbons (Fsp3) is 0.0526. The molecular weight excluding hydrogens is 368 g/mol. The van der Waals surface area contributed by atoms with Crippen molar-refractivity contribution >= 4 is 22.9 Å². The van der Waals surface area contributed by atoms with Crippen LogP contribution < -0.4 is 5.56 Å². The zero-order chi connectivity index (χ0) is 19.1. The maximum absolute atomic E-state index is 12.6. The zero-order valence-corrected chi connectivity index (χ0v) is 14.9. The lowest BCUT2D eigenvalue weighted by molar-refractivity contribution is -0.384. The Labute approximate surface area is 158 Å². The zero-order valence-electron chi connectivity index (χ0n) is 14.1. The third-order valence-electron chi connectivity index (χ3n) is 4.31. The van der Waals surface area contributed by atoms with Crippen LogP contribution in [0.3, 0.4) is 0 Å². The summed E-state index contributed by atoms with van der Waals surface area (Å²) in [5.74, 6) is 0. The molecule has 8 heteroatoms. The smallest absolute Gasteiger partial charge is 0.274 e. The van der Waals surface area contributed by atoms with Gasteiger partial charge in [-0.1, -0.05) is 23.7 Å². The number of hydrogen-bond donors (Lipinski definition) is 1. The second kappa shape index (κ2) is 6.37. The molecule has 0 saturated carbocycles. The second-order valence-electron chi connectivity index (χ2n) is 6.05. The molecule has 0 amide bonds. The van der Waals surface area contributed by atoms with Gasteiger partial charge in [-0.25, -0.2) is 0 Å². The molecule has 0 spiro atoms. The number of aromatic amines is 1. The van der Waals surface area contributed by atoms with Gasteiger partial charge >= 0.3 is 0 Å². The van der Waals surface area contributed by atoms with E-state index in [1.165, 1.54) is 22.7 Å². The molecule has 0 unspecified atom stereocenters. The third-order valence-corrected chi connectivity index (χ3v) is 4.56. The van der Waals surface area contributed by atoms with E-state index < -0.39 is 4.92 Å². The van der Waals surface area contributed by atoms with Crippen molar-refractivity contribution < 1.29 is 4.92 Å². The van der Waals surface area contributed by atoms with Crippen LogP contribution >= 0.6 is 11.6 Å². The Hall–Kier alpha value is -3.45. The molecule has 134 valence electrons. The Morgan fingerprint density at radius 2 is 1.70 bits per heavy atom. The van der Waals surface area contributed by atoms with Crippen LogP contribution in [0.4, 0.5) is 5.69 Å². The highest BCUT2D eigenvalue weighted by atomic mass is 35.5. The largest absolute Gasteiger partial charge is 0.339 e. The van der Waals surface area contributed by atoms with Crippen LogP contribution in [0.5, 0.6) is 0 Å². The van der Waals surface area contributed by atoms with E-state index in [1.807, 2.05) is 19.1 Å². The number of nitrogens with zero attached hydrogens (tertiary/aromatic N) is 3. The lowest BCUT2D eigenvalue weighted by Crippen LogP contribution is -2.14. The molecule has 0 fully saturated rings. The van der Waals surface area contributed by atoms with Crippen molar-refractivity contribution in [1.29, 1.82) is 0 Å². The SMILES string of the molecule is Cc1nn2c(=O)cc(-c3ccc([N+](=O)[O-])cc3)[nH]c2c1-c1ccc(Cl)cc1. The number of non-ortho nitro benzene ring substituents is 1. The van der Waals surface area contributed by atoms with Crippen LogP contribution in [0.1, 0.15) is 5.69 Å². The molecule has 0 bridgehead atoms. The van der Waals surface area contributed by atoms with E-state index in [0.717, 1.165) is 11.1 Å². The summed E-state index contributed by atoms with van der Waals surface area (Å²) in [6.45, 7) is 1.83. The van der Waals surface area contributed by atoms with Crippen molar-refractivity contribution in [2.24, 2.45) is 0 Å². The number of H-pyrrole nitrogens is 1. The van der Waals surface area contributed by atoms with Gasteiger partial charge in [-0.2, -0.15) is 9.61 Å². The second-order valence-corrected chi connectivity index (χ2v) is 6.49. The molecule has 2 heterocycles. The Kier molecular flexibility index (Phi) is 4.01. The first-order chi connectivity index (χ1) is 12.9. The van der Waals surface area contributed by atoms with Gasteiger partial charge in [0, 0.05) is 28.8 Å². The summed E-state index contributed by atoms with van der Waals surface area (Å²) in [5.41, 5.74) is 3.85. The molecule has 0 aliphatic carbocycles. The molecule has 1 N–H and O–H groups in total. The minimum absolute atomic E-state index is 0.00998. The lowest BCUT2D eigenvalue weighted by atomic mass is 10.1. The van der Waals surface area contributed by atoms with E-state index in [4.69, 9.17) is 11.6 Å². The quantitative estimate of drug-likeness (QED) is 0.425. The van der Waals surface area contributed by atoms with Crippen molar-refractivity contribution in [2.45, 2.75) is 6.92 Å². The van der Waals surface area contributed by atoms with Gasteiger partial charge in [0.05, 0.1) is 16.3 Å². The summed E-state index contributed by atoms with van der Waals surface area (Å²) in [6.07, 6.45) is 0. The summed E-state index contributed by atoms with van der Waals surface area (Å²) in [5, 5.41) is 15.8. The molecule has 0 atom stereocenters. The summed E-state index contributed by atoms with van der Waals surface area (Å²) < 4.78 is 1.31. The normalized spacial score (nSPS) is 11.0. The first-order valence-corrected chi connectivity index (χ1v) is 8.45. The van der Waals surface area contributed by atoms with Crippen LogP contribution in [0, 0.1) is 17.0 Å². The summed E-state index contributed by atoms with van der Waals surface area (Å²) in [7, 11) is 0. The maximum atomic E-state index is 12.6. The fourth-order valence-corrected chi connectivity index (χ4v) is 3.16. The number of nitro groups is 1. The first-order valence-electron chi connectivity index (χ1n) is 8.07. The highest BCUT2D eigenvalue weighted by molar-refractivity contribution is 6.30. The maximum Gasteiger partial charge on any atom is 0.274 e. The Morgan fingerprint density at radius 1 is 1.07 bits per heavy atom. The number of fused-ring (bicyclic) bond motifs is 1. The summed E-state index contributed by atoms with van der Waals surface area (Å²) in [6, 6.07) is 14.7. The monoisotopic (exact) mass is 380 g/mol. The number of nitro benzene ring substituents is 1. The highest BCUT2D eigenvalue weighted by Crippen LogP contribution is 2.29. The summed E-state index contributed by atoms with van der Waals surface area (Å²) >= 11 is 5.97. The standard InChI is InChI=1S/C19H13ClN4O3/c1-11-18(13-2-6-14(20)7-3-13)19-21-16(10-17(25)23(19)22-11)12-4-8-15(9-5-12)24(26)27/h2-10,21H,1H3. The van der Waals surface area contributed by atoms with Crippen LogP contribution in [-0.2, 0) is 0 Å². The Bertz CT molecular complexity index is 1230. The van der Waals surface area contributed by atoms with E-state index in [-0.39, 0.29) is 11.2 Å². The highest BCUT2D eigenvalue weighted by Gasteiger charge is 2.16. The Balaban J connectivity index is 1.92. The molecule has 0 aliphatic heterocycles. The van der Waals surface area contributed by atoms with Gasteiger partial charge in [0.2, 0.25) is 0 Å². The molecule has 0 radical (unpaired) electrons. The average Bonchev–Trinajstić information content (AvgIpc) is 2.99. The average molecular weight is 381 g/mol. The van der Waals surface area contributed by atoms with Crippen LogP contribution in [0.2, 0.25) is 5.02 Å². The van der Waals surface area contributed by atoms with E-state index in [9.17, 15) is 14.9 Å². The number of aromatic nitrogens is 3. The predicted octanol–water partition coefficient (Wildman–Crippen LogP) is 4.23. The molecule has 0 saturated heterocycles. The number of benzene rings is 2. The first kappa shape index (κ1) is 17.0. The number of halogens is 1. The van der Waals surface area contributed by atoms with Gasteiger partial charge in [-0.15, -0.1) is 0 Å². The van der Waals surface area contributed by atoms with E-state index in [1.54, 1.807) is 24.3 Å². The number of rotatable bonds is 3.